The Balaban J connectivity index is 2.35. The second-order valence-corrected chi connectivity index (χ2v) is 3.88. The van der Waals surface area contributed by atoms with E-state index in [1.54, 1.807) is 30.3 Å². The Morgan fingerprint density at radius 1 is 1.16 bits per heavy atom. The predicted octanol–water partition coefficient (Wildman–Crippen LogP) is 2.85. The number of nitrogens with zero attached hydrogens (tertiary/aromatic N) is 1. The van der Waals surface area contributed by atoms with Gasteiger partial charge in [-0.25, -0.2) is 0 Å². The van der Waals surface area contributed by atoms with E-state index in [1.807, 2.05) is 18.2 Å². The Bertz CT molecular complexity index is 617. The molecule has 0 aliphatic heterocycles. The minimum atomic E-state index is -0.106. The summed E-state index contributed by atoms with van der Waals surface area (Å²) in [7, 11) is 1.53. The number of aliphatic hydroxyl groups is 1. The summed E-state index contributed by atoms with van der Waals surface area (Å²) < 4.78 is 10.8. The molecule has 1 N–H and O–H groups in total. The molecular formula is C15H13NO3. The number of rotatable bonds is 4. The first kappa shape index (κ1) is 12.9. The zero-order valence-corrected chi connectivity index (χ0v) is 10.5. The lowest BCUT2D eigenvalue weighted by atomic mass is 10.2. The van der Waals surface area contributed by atoms with Crippen molar-refractivity contribution in [1.29, 1.82) is 5.26 Å². The molecule has 2 rings (SSSR count). The topological polar surface area (TPSA) is 62.5 Å². The van der Waals surface area contributed by atoms with Gasteiger partial charge in [-0.15, -0.1) is 0 Å². The molecule has 4 nitrogen and oxygen atoms in total. The van der Waals surface area contributed by atoms with Crippen LogP contribution in [0.1, 0.15) is 11.1 Å². The van der Waals surface area contributed by atoms with Crippen LogP contribution in [0.5, 0.6) is 17.2 Å². The second kappa shape index (κ2) is 5.89. The standard InChI is InChI=1S/C15H13NO3/c1-18-13-6-11(9-16)7-14(8-13)19-15-5-3-2-4-12(15)10-17/h2-8,17H,10H2,1H3. The van der Waals surface area contributed by atoms with Crippen LogP contribution in [0.15, 0.2) is 42.5 Å². The maximum Gasteiger partial charge on any atom is 0.132 e. The molecular weight excluding hydrogens is 242 g/mol. The van der Waals surface area contributed by atoms with Crippen LogP contribution < -0.4 is 9.47 Å². The van der Waals surface area contributed by atoms with Crippen molar-refractivity contribution < 1.29 is 14.6 Å². The summed E-state index contributed by atoms with van der Waals surface area (Å²) in [6.45, 7) is -0.106. The molecule has 96 valence electrons. The quantitative estimate of drug-likeness (QED) is 0.912. The van der Waals surface area contributed by atoms with E-state index in [-0.39, 0.29) is 6.61 Å². The number of ether oxygens (including phenoxy) is 2. The third kappa shape index (κ3) is 3.03. The molecule has 0 radical (unpaired) electrons. The zero-order chi connectivity index (χ0) is 13.7. The minimum Gasteiger partial charge on any atom is -0.497 e. The SMILES string of the molecule is COc1cc(C#N)cc(Oc2ccccc2CO)c1. The molecule has 0 unspecified atom stereocenters. The molecule has 0 aliphatic rings. The summed E-state index contributed by atoms with van der Waals surface area (Å²) in [5.41, 5.74) is 1.14. The molecule has 0 aliphatic carbocycles. The molecule has 0 heterocycles. The Labute approximate surface area is 111 Å². The van der Waals surface area contributed by atoms with E-state index in [4.69, 9.17) is 14.7 Å². The first-order valence-electron chi connectivity index (χ1n) is 5.72. The van der Waals surface area contributed by atoms with E-state index in [2.05, 4.69) is 0 Å². The van der Waals surface area contributed by atoms with E-state index in [0.29, 0.717) is 28.4 Å². The number of para-hydroxylation sites is 1. The number of hydrogen-bond donors (Lipinski definition) is 1. The van der Waals surface area contributed by atoms with E-state index in [1.165, 1.54) is 7.11 Å². The zero-order valence-electron chi connectivity index (χ0n) is 10.5. The molecule has 4 heteroatoms. The van der Waals surface area contributed by atoms with Crippen molar-refractivity contribution in [2.75, 3.05) is 7.11 Å². The summed E-state index contributed by atoms with van der Waals surface area (Å²) >= 11 is 0. The smallest absolute Gasteiger partial charge is 0.132 e. The number of hydrogen-bond acceptors (Lipinski definition) is 4. The monoisotopic (exact) mass is 255 g/mol. The van der Waals surface area contributed by atoms with Crippen LogP contribution in [0.3, 0.4) is 0 Å². The molecule has 0 aromatic heterocycles. The molecule has 0 saturated carbocycles. The third-order valence-corrected chi connectivity index (χ3v) is 2.62. The van der Waals surface area contributed by atoms with Crippen molar-refractivity contribution in [3.63, 3.8) is 0 Å². The van der Waals surface area contributed by atoms with Crippen molar-refractivity contribution >= 4 is 0 Å². The Kier molecular flexibility index (Phi) is 4.01. The van der Waals surface area contributed by atoms with Gasteiger partial charge in [-0.1, -0.05) is 18.2 Å². The first-order chi connectivity index (χ1) is 9.26. The summed E-state index contributed by atoms with van der Waals surface area (Å²) in [5, 5.41) is 18.2. The van der Waals surface area contributed by atoms with Crippen LogP contribution >= 0.6 is 0 Å². The molecule has 0 amide bonds. The van der Waals surface area contributed by atoms with Crippen LogP contribution in [0.25, 0.3) is 0 Å². The number of nitriles is 1. The van der Waals surface area contributed by atoms with Crippen molar-refractivity contribution in [3.8, 4) is 23.3 Å². The van der Waals surface area contributed by atoms with Gasteiger partial charge in [-0.2, -0.15) is 5.26 Å². The first-order valence-corrected chi connectivity index (χ1v) is 5.72. The fourth-order valence-corrected chi connectivity index (χ4v) is 1.67. The van der Waals surface area contributed by atoms with Crippen LogP contribution in [0.4, 0.5) is 0 Å². The Morgan fingerprint density at radius 3 is 2.58 bits per heavy atom. The lowest BCUT2D eigenvalue weighted by molar-refractivity contribution is 0.276. The number of benzene rings is 2. The van der Waals surface area contributed by atoms with E-state index in [0.717, 1.165) is 0 Å². The lowest BCUT2D eigenvalue weighted by Crippen LogP contribution is -1.93. The van der Waals surface area contributed by atoms with Crippen LogP contribution in [-0.2, 0) is 6.61 Å². The summed E-state index contributed by atoms with van der Waals surface area (Å²) in [6, 6.07) is 14.2. The molecule has 0 atom stereocenters. The van der Waals surface area contributed by atoms with Crippen molar-refractivity contribution in [3.05, 3.63) is 53.6 Å². The number of aliphatic hydroxyl groups excluding tert-OH is 1. The van der Waals surface area contributed by atoms with Crippen molar-refractivity contribution in [1.82, 2.24) is 0 Å². The van der Waals surface area contributed by atoms with Gasteiger partial charge in [0.1, 0.15) is 17.2 Å². The lowest BCUT2D eigenvalue weighted by Gasteiger charge is -2.10. The molecule has 2 aromatic carbocycles. The fraction of sp³-hybridized carbons (Fsp3) is 0.133. The van der Waals surface area contributed by atoms with E-state index < -0.39 is 0 Å². The average molecular weight is 255 g/mol. The van der Waals surface area contributed by atoms with Crippen molar-refractivity contribution in [2.24, 2.45) is 0 Å². The molecule has 0 spiro atoms. The van der Waals surface area contributed by atoms with Crippen LogP contribution in [-0.4, -0.2) is 12.2 Å². The summed E-state index contributed by atoms with van der Waals surface area (Å²) in [5.74, 6) is 1.61. The Hall–Kier alpha value is -2.51. The van der Waals surface area contributed by atoms with Gasteiger partial charge in [0.05, 0.1) is 25.3 Å². The van der Waals surface area contributed by atoms with Gasteiger partial charge in [-0.05, 0) is 18.2 Å². The van der Waals surface area contributed by atoms with Gasteiger partial charge < -0.3 is 14.6 Å². The van der Waals surface area contributed by atoms with Gasteiger partial charge in [0, 0.05) is 11.6 Å². The van der Waals surface area contributed by atoms with Gasteiger partial charge in [0.15, 0.2) is 0 Å². The highest BCUT2D eigenvalue weighted by Gasteiger charge is 2.06. The van der Waals surface area contributed by atoms with Crippen LogP contribution in [0.2, 0.25) is 0 Å². The molecule has 0 saturated heterocycles. The van der Waals surface area contributed by atoms with Gasteiger partial charge in [0.2, 0.25) is 0 Å². The molecule has 19 heavy (non-hydrogen) atoms. The van der Waals surface area contributed by atoms with E-state index in [9.17, 15) is 5.11 Å². The summed E-state index contributed by atoms with van der Waals surface area (Å²) in [6.07, 6.45) is 0. The maximum absolute atomic E-state index is 9.24. The number of methoxy groups -OCH3 is 1. The molecule has 0 fully saturated rings. The summed E-state index contributed by atoms with van der Waals surface area (Å²) in [4.78, 5) is 0. The largest absolute Gasteiger partial charge is 0.497 e. The fourth-order valence-electron chi connectivity index (χ4n) is 1.67. The Morgan fingerprint density at radius 2 is 1.89 bits per heavy atom. The minimum absolute atomic E-state index is 0.106. The third-order valence-electron chi connectivity index (χ3n) is 2.62. The highest BCUT2D eigenvalue weighted by atomic mass is 16.5. The maximum atomic E-state index is 9.24. The normalized spacial score (nSPS) is 9.74. The molecule has 0 bridgehead atoms. The van der Waals surface area contributed by atoms with Crippen molar-refractivity contribution in [2.45, 2.75) is 6.61 Å². The predicted molar refractivity (Wildman–Crippen MR) is 70.1 cm³/mol. The molecule has 2 aromatic rings. The highest BCUT2D eigenvalue weighted by Crippen LogP contribution is 2.29. The van der Waals surface area contributed by atoms with E-state index >= 15 is 0 Å². The van der Waals surface area contributed by atoms with Crippen LogP contribution in [0, 0.1) is 11.3 Å². The average Bonchev–Trinajstić information content (AvgIpc) is 2.47. The van der Waals surface area contributed by atoms with Gasteiger partial charge in [-0.3, -0.25) is 0 Å². The highest BCUT2D eigenvalue weighted by molar-refractivity contribution is 5.46. The van der Waals surface area contributed by atoms with Gasteiger partial charge >= 0.3 is 0 Å². The van der Waals surface area contributed by atoms with Gasteiger partial charge in [0.25, 0.3) is 0 Å². The second-order valence-electron chi connectivity index (χ2n) is 3.88.